The maximum Gasteiger partial charge on any atom is 0.223 e. The van der Waals surface area contributed by atoms with E-state index in [4.69, 9.17) is 5.11 Å². The highest BCUT2D eigenvalue weighted by atomic mass is 32.1. The van der Waals surface area contributed by atoms with Gasteiger partial charge in [0.25, 0.3) is 0 Å². The van der Waals surface area contributed by atoms with E-state index in [0.717, 1.165) is 32.4 Å². The van der Waals surface area contributed by atoms with E-state index < -0.39 is 0 Å². The van der Waals surface area contributed by atoms with Crippen molar-refractivity contribution in [3.05, 3.63) is 0 Å². The fraction of sp³-hybridized carbons (Fsp3) is 0.900. The number of thiol groups is 1. The van der Waals surface area contributed by atoms with Gasteiger partial charge in [-0.2, -0.15) is 12.6 Å². The number of carbonyl (C=O) groups excluding carboxylic acids is 1. The molecule has 1 N–H and O–H groups in total. The number of rotatable bonds is 4. The first-order valence-electron chi connectivity index (χ1n) is 5.27. The van der Waals surface area contributed by atoms with Crippen molar-refractivity contribution >= 4 is 18.5 Å². The minimum atomic E-state index is 0.211. The Labute approximate surface area is 90.9 Å². The van der Waals surface area contributed by atoms with Crippen molar-refractivity contribution in [2.24, 2.45) is 5.92 Å². The zero-order valence-electron chi connectivity index (χ0n) is 8.48. The average Bonchev–Trinajstić information content (AvgIpc) is 2.19. The number of hydrogen-bond acceptors (Lipinski definition) is 3. The first kappa shape index (κ1) is 11.9. The van der Waals surface area contributed by atoms with Crippen LogP contribution in [0.25, 0.3) is 0 Å². The highest BCUT2D eigenvalue weighted by Gasteiger charge is 2.22. The Balaban J connectivity index is 2.35. The number of carbonyl (C=O) groups is 1. The van der Waals surface area contributed by atoms with Crippen molar-refractivity contribution in [2.45, 2.75) is 25.7 Å². The summed E-state index contributed by atoms with van der Waals surface area (Å²) in [4.78, 5) is 13.5. The van der Waals surface area contributed by atoms with Gasteiger partial charge in [-0.15, -0.1) is 0 Å². The molecule has 0 radical (unpaired) electrons. The van der Waals surface area contributed by atoms with Crippen LogP contribution in [0.3, 0.4) is 0 Å². The van der Waals surface area contributed by atoms with E-state index in [0.29, 0.717) is 18.1 Å². The molecular formula is C10H19NO2S. The van der Waals surface area contributed by atoms with E-state index in [1.54, 1.807) is 0 Å². The number of amides is 1. The largest absolute Gasteiger partial charge is 0.396 e. The molecular weight excluding hydrogens is 198 g/mol. The van der Waals surface area contributed by atoms with Crippen LogP contribution in [-0.4, -0.2) is 41.4 Å². The molecule has 1 aliphatic heterocycles. The van der Waals surface area contributed by atoms with Crippen LogP contribution in [0.2, 0.25) is 0 Å². The van der Waals surface area contributed by atoms with Crippen LogP contribution in [-0.2, 0) is 4.79 Å². The maximum absolute atomic E-state index is 11.6. The number of aliphatic hydroxyl groups is 1. The maximum atomic E-state index is 11.6. The molecule has 1 saturated heterocycles. The molecule has 0 aromatic heterocycles. The highest BCUT2D eigenvalue weighted by molar-refractivity contribution is 7.80. The summed E-state index contributed by atoms with van der Waals surface area (Å²) < 4.78 is 0. The number of aliphatic hydroxyl groups excluding tert-OH is 1. The Morgan fingerprint density at radius 2 is 2.36 bits per heavy atom. The summed E-state index contributed by atoms with van der Waals surface area (Å²) in [7, 11) is 0. The zero-order chi connectivity index (χ0) is 10.4. The molecule has 1 heterocycles. The molecule has 1 aliphatic rings. The lowest BCUT2D eigenvalue weighted by Gasteiger charge is -2.32. The van der Waals surface area contributed by atoms with Crippen molar-refractivity contribution in [1.82, 2.24) is 4.90 Å². The predicted molar refractivity (Wildman–Crippen MR) is 59.5 cm³/mol. The van der Waals surface area contributed by atoms with Gasteiger partial charge >= 0.3 is 0 Å². The number of nitrogens with zero attached hydrogens (tertiary/aromatic N) is 1. The summed E-state index contributed by atoms with van der Waals surface area (Å²) in [6.07, 6.45) is 3.58. The van der Waals surface area contributed by atoms with E-state index in [-0.39, 0.29) is 12.5 Å². The molecule has 82 valence electrons. The summed E-state index contributed by atoms with van der Waals surface area (Å²) in [5.41, 5.74) is 0. The van der Waals surface area contributed by atoms with Crippen molar-refractivity contribution in [2.75, 3.05) is 25.4 Å². The summed E-state index contributed by atoms with van der Waals surface area (Å²) >= 11 is 4.06. The average molecular weight is 217 g/mol. The molecule has 1 amide bonds. The topological polar surface area (TPSA) is 40.5 Å². The number of piperidine rings is 1. The number of likely N-dealkylation sites (tertiary alicyclic amines) is 1. The van der Waals surface area contributed by atoms with Gasteiger partial charge in [0.1, 0.15) is 0 Å². The molecule has 3 nitrogen and oxygen atoms in total. The van der Waals surface area contributed by atoms with E-state index >= 15 is 0 Å². The Kier molecular flexibility index (Phi) is 5.33. The van der Waals surface area contributed by atoms with Crippen molar-refractivity contribution < 1.29 is 9.90 Å². The molecule has 1 fully saturated rings. The van der Waals surface area contributed by atoms with Crippen LogP contribution in [0, 0.1) is 5.92 Å². The lowest BCUT2D eigenvalue weighted by atomic mass is 9.95. The van der Waals surface area contributed by atoms with Gasteiger partial charge in [-0.25, -0.2) is 0 Å². The smallest absolute Gasteiger partial charge is 0.223 e. The van der Waals surface area contributed by atoms with Crippen LogP contribution in [0.1, 0.15) is 25.7 Å². The van der Waals surface area contributed by atoms with E-state index in [1.807, 2.05) is 4.90 Å². The molecule has 0 aliphatic carbocycles. The summed E-state index contributed by atoms with van der Waals surface area (Å²) in [5, 5.41) is 8.83. The fourth-order valence-corrected chi connectivity index (χ4v) is 2.15. The molecule has 1 unspecified atom stereocenters. The number of hydrogen-bond donors (Lipinski definition) is 2. The van der Waals surface area contributed by atoms with Crippen LogP contribution in [0.4, 0.5) is 0 Å². The van der Waals surface area contributed by atoms with E-state index in [2.05, 4.69) is 12.6 Å². The first-order chi connectivity index (χ1) is 6.77. The first-order valence-corrected chi connectivity index (χ1v) is 5.90. The second-order valence-corrected chi connectivity index (χ2v) is 4.28. The lowest BCUT2D eigenvalue weighted by molar-refractivity contribution is -0.132. The highest BCUT2D eigenvalue weighted by Crippen LogP contribution is 2.19. The van der Waals surface area contributed by atoms with Gasteiger partial charge in [0.15, 0.2) is 0 Å². The summed E-state index contributed by atoms with van der Waals surface area (Å²) in [5.74, 6) is 1.33. The molecule has 0 aromatic carbocycles. The summed E-state index contributed by atoms with van der Waals surface area (Å²) in [6, 6.07) is 0. The molecule has 0 spiro atoms. The minimum Gasteiger partial charge on any atom is -0.396 e. The molecule has 0 bridgehead atoms. The molecule has 1 atom stereocenters. The molecule has 4 heteroatoms. The van der Waals surface area contributed by atoms with Crippen LogP contribution in [0.15, 0.2) is 0 Å². The third kappa shape index (κ3) is 3.50. The van der Waals surface area contributed by atoms with Crippen molar-refractivity contribution in [3.63, 3.8) is 0 Å². The van der Waals surface area contributed by atoms with Crippen molar-refractivity contribution in [3.8, 4) is 0 Å². The summed E-state index contributed by atoms with van der Waals surface area (Å²) in [6.45, 7) is 1.95. The van der Waals surface area contributed by atoms with Crippen molar-refractivity contribution in [1.29, 1.82) is 0 Å². The Morgan fingerprint density at radius 3 is 3.00 bits per heavy atom. The molecule has 14 heavy (non-hydrogen) atoms. The standard InChI is InChI=1S/C10H19NO2S/c12-6-3-9-2-1-5-11(8-9)10(13)4-7-14/h9,12,14H,1-8H2. The Bertz CT molecular complexity index is 185. The second kappa shape index (κ2) is 6.30. The SMILES string of the molecule is O=C(CCS)N1CCCC(CCO)C1. The van der Waals surface area contributed by atoms with Gasteiger partial charge < -0.3 is 10.0 Å². The van der Waals surface area contributed by atoms with Crippen LogP contribution >= 0.6 is 12.6 Å². The van der Waals surface area contributed by atoms with Crippen LogP contribution < -0.4 is 0 Å². The van der Waals surface area contributed by atoms with Gasteiger partial charge in [-0.05, 0) is 30.9 Å². The Hall–Kier alpha value is -0.220. The monoisotopic (exact) mass is 217 g/mol. The van der Waals surface area contributed by atoms with Gasteiger partial charge in [0, 0.05) is 26.1 Å². The molecule has 0 saturated carbocycles. The van der Waals surface area contributed by atoms with Gasteiger partial charge in [0.2, 0.25) is 5.91 Å². The lowest BCUT2D eigenvalue weighted by Crippen LogP contribution is -2.40. The van der Waals surface area contributed by atoms with Gasteiger partial charge in [-0.1, -0.05) is 0 Å². The van der Waals surface area contributed by atoms with E-state index in [9.17, 15) is 4.79 Å². The molecule has 1 rings (SSSR count). The fourth-order valence-electron chi connectivity index (χ4n) is 1.96. The third-order valence-corrected chi connectivity index (χ3v) is 2.96. The minimum absolute atomic E-state index is 0.211. The van der Waals surface area contributed by atoms with E-state index in [1.165, 1.54) is 0 Å². The van der Waals surface area contributed by atoms with Gasteiger partial charge in [0.05, 0.1) is 0 Å². The third-order valence-electron chi connectivity index (χ3n) is 2.73. The second-order valence-electron chi connectivity index (χ2n) is 3.83. The Morgan fingerprint density at radius 1 is 1.57 bits per heavy atom. The quantitative estimate of drug-likeness (QED) is 0.688. The van der Waals surface area contributed by atoms with Gasteiger partial charge in [-0.3, -0.25) is 4.79 Å². The van der Waals surface area contributed by atoms with Crippen LogP contribution in [0.5, 0.6) is 0 Å². The predicted octanol–water partition coefficient (Wildman–Crippen LogP) is 0.927. The molecule has 0 aromatic rings. The zero-order valence-corrected chi connectivity index (χ0v) is 9.38. The normalized spacial score (nSPS) is 22.4.